The van der Waals surface area contributed by atoms with Gasteiger partial charge in [-0.15, -0.1) is 0 Å². The van der Waals surface area contributed by atoms with Gasteiger partial charge >= 0.3 is 0 Å². The summed E-state index contributed by atoms with van der Waals surface area (Å²) in [7, 11) is 0. The quantitative estimate of drug-likeness (QED) is 0.719. The summed E-state index contributed by atoms with van der Waals surface area (Å²) in [5.41, 5.74) is 4.60. The highest BCUT2D eigenvalue weighted by Gasteiger charge is 2.52. The SMILES string of the molecule is CCCCNC(=O)C1(N2C(=O)CC[C@H]2C(N)=O)CCCCC1. The molecule has 1 saturated heterocycles. The minimum Gasteiger partial charge on any atom is -0.368 e. The highest BCUT2D eigenvalue weighted by Crippen LogP contribution is 2.39. The molecule has 0 radical (unpaired) electrons. The van der Waals surface area contributed by atoms with Crippen LogP contribution in [0.5, 0.6) is 0 Å². The number of hydrogen-bond donors (Lipinski definition) is 2. The Kier molecular flexibility index (Phi) is 5.42. The molecule has 22 heavy (non-hydrogen) atoms. The second-order valence-electron chi connectivity index (χ2n) is 6.42. The van der Waals surface area contributed by atoms with Gasteiger partial charge in [0.2, 0.25) is 17.7 Å². The van der Waals surface area contributed by atoms with E-state index in [1.54, 1.807) is 0 Å². The van der Waals surface area contributed by atoms with Crippen LogP contribution < -0.4 is 11.1 Å². The number of nitrogens with two attached hydrogens (primary N) is 1. The van der Waals surface area contributed by atoms with E-state index in [2.05, 4.69) is 12.2 Å². The number of rotatable bonds is 6. The molecule has 0 bridgehead atoms. The third-order valence-corrected chi connectivity index (χ3v) is 4.92. The summed E-state index contributed by atoms with van der Waals surface area (Å²) in [5, 5.41) is 2.97. The summed E-state index contributed by atoms with van der Waals surface area (Å²) in [4.78, 5) is 38.5. The van der Waals surface area contributed by atoms with Crippen molar-refractivity contribution < 1.29 is 14.4 Å². The molecule has 0 unspecified atom stereocenters. The monoisotopic (exact) mass is 309 g/mol. The van der Waals surface area contributed by atoms with Gasteiger partial charge in [0, 0.05) is 13.0 Å². The molecule has 6 heteroatoms. The van der Waals surface area contributed by atoms with Gasteiger partial charge in [-0.05, 0) is 25.7 Å². The minimum absolute atomic E-state index is 0.109. The van der Waals surface area contributed by atoms with Crippen LogP contribution in [0, 0.1) is 0 Å². The molecule has 0 spiro atoms. The Morgan fingerprint density at radius 3 is 2.59 bits per heavy atom. The second kappa shape index (κ2) is 7.11. The fourth-order valence-electron chi connectivity index (χ4n) is 3.75. The summed E-state index contributed by atoms with van der Waals surface area (Å²) < 4.78 is 0. The Labute approximate surface area is 131 Å². The molecule has 1 saturated carbocycles. The van der Waals surface area contributed by atoms with E-state index in [-0.39, 0.29) is 11.8 Å². The van der Waals surface area contributed by atoms with E-state index < -0.39 is 17.5 Å². The highest BCUT2D eigenvalue weighted by molar-refractivity contribution is 5.97. The maximum absolute atomic E-state index is 12.8. The fraction of sp³-hybridized carbons (Fsp3) is 0.812. The molecule has 2 rings (SSSR count). The molecule has 0 aromatic carbocycles. The smallest absolute Gasteiger partial charge is 0.246 e. The number of hydrogen-bond acceptors (Lipinski definition) is 3. The van der Waals surface area contributed by atoms with E-state index in [4.69, 9.17) is 5.73 Å². The Bertz CT molecular complexity index is 444. The van der Waals surface area contributed by atoms with Crippen LogP contribution in [-0.4, -0.2) is 40.7 Å². The number of amides is 3. The number of carbonyl (C=O) groups excluding carboxylic acids is 3. The van der Waals surface area contributed by atoms with Gasteiger partial charge in [-0.1, -0.05) is 32.6 Å². The zero-order valence-corrected chi connectivity index (χ0v) is 13.4. The van der Waals surface area contributed by atoms with Crippen molar-refractivity contribution in [2.45, 2.75) is 76.3 Å². The molecule has 1 aliphatic carbocycles. The van der Waals surface area contributed by atoms with E-state index >= 15 is 0 Å². The standard InChI is InChI=1S/C16H27N3O3/c1-2-3-11-18-15(22)16(9-5-4-6-10-16)19-12(14(17)21)7-8-13(19)20/h12H,2-11H2,1H3,(H2,17,21)(H,18,22)/t12-/m0/s1. The molecular formula is C16H27N3O3. The van der Waals surface area contributed by atoms with Crippen molar-refractivity contribution in [3.63, 3.8) is 0 Å². The Balaban J connectivity index is 2.25. The van der Waals surface area contributed by atoms with Gasteiger partial charge in [0.15, 0.2) is 0 Å². The molecule has 124 valence electrons. The topological polar surface area (TPSA) is 92.5 Å². The van der Waals surface area contributed by atoms with Gasteiger partial charge in [0.1, 0.15) is 11.6 Å². The van der Waals surface area contributed by atoms with Crippen molar-refractivity contribution in [1.29, 1.82) is 0 Å². The maximum atomic E-state index is 12.8. The van der Waals surface area contributed by atoms with Gasteiger partial charge in [0.25, 0.3) is 0 Å². The van der Waals surface area contributed by atoms with Gasteiger partial charge in [0.05, 0.1) is 0 Å². The highest BCUT2D eigenvalue weighted by atomic mass is 16.2. The first-order valence-corrected chi connectivity index (χ1v) is 8.42. The number of unbranched alkanes of at least 4 members (excludes halogenated alkanes) is 1. The average Bonchev–Trinajstić information content (AvgIpc) is 2.90. The molecule has 6 nitrogen and oxygen atoms in total. The van der Waals surface area contributed by atoms with Crippen LogP contribution in [0.3, 0.4) is 0 Å². The first-order chi connectivity index (χ1) is 10.5. The Morgan fingerprint density at radius 2 is 2.00 bits per heavy atom. The summed E-state index contributed by atoms with van der Waals surface area (Å²) in [6.45, 7) is 2.68. The number of nitrogens with zero attached hydrogens (tertiary/aromatic N) is 1. The zero-order valence-electron chi connectivity index (χ0n) is 13.4. The van der Waals surface area contributed by atoms with E-state index in [1.807, 2.05) is 0 Å². The van der Waals surface area contributed by atoms with Crippen LogP contribution in [0.2, 0.25) is 0 Å². The van der Waals surface area contributed by atoms with Crippen LogP contribution in [-0.2, 0) is 14.4 Å². The van der Waals surface area contributed by atoms with Crippen LogP contribution in [0.25, 0.3) is 0 Å². The lowest BCUT2D eigenvalue weighted by Crippen LogP contribution is -2.64. The number of carbonyl (C=O) groups is 3. The van der Waals surface area contributed by atoms with Crippen molar-refractivity contribution >= 4 is 17.7 Å². The Morgan fingerprint density at radius 1 is 1.32 bits per heavy atom. The third kappa shape index (κ3) is 3.10. The second-order valence-corrected chi connectivity index (χ2v) is 6.42. The first kappa shape index (κ1) is 16.8. The number of nitrogens with one attached hydrogen (secondary N) is 1. The summed E-state index contributed by atoms with van der Waals surface area (Å²) >= 11 is 0. The van der Waals surface area contributed by atoms with Crippen molar-refractivity contribution in [3.05, 3.63) is 0 Å². The van der Waals surface area contributed by atoms with Gasteiger partial charge < -0.3 is 16.0 Å². The molecule has 3 amide bonds. The molecule has 0 aromatic rings. The fourth-order valence-corrected chi connectivity index (χ4v) is 3.75. The third-order valence-electron chi connectivity index (χ3n) is 4.92. The van der Waals surface area contributed by atoms with Crippen LogP contribution in [0.4, 0.5) is 0 Å². The number of primary amides is 1. The van der Waals surface area contributed by atoms with E-state index in [9.17, 15) is 14.4 Å². The molecule has 1 aliphatic heterocycles. The molecule has 2 aliphatic rings. The number of likely N-dealkylation sites (tertiary alicyclic amines) is 1. The van der Waals surface area contributed by atoms with Crippen LogP contribution in [0.15, 0.2) is 0 Å². The molecule has 2 fully saturated rings. The zero-order chi connectivity index (χ0) is 16.2. The molecule has 3 N–H and O–H groups in total. The maximum Gasteiger partial charge on any atom is 0.246 e. The van der Waals surface area contributed by atoms with Crippen molar-refractivity contribution in [2.75, 3.05) is 6.54 Å². The van der Waals surface area contributed by atoms with Crippen LogP contribution >= 0.6 is 0 Å². The normalized spacial score (nSPS) is 24.3. The summed E-state index contributed by atoms with van der Waals surface area (Å²) in [6.07, 6.45) is 6.76. The van der Waals surface area contributed by atoms with E-state index in [1.165, 1.54) is 4.90 Å². The molecule has 1 heterocycles. The van der Waals surface area contributed by atoms with E-state index in [0.29, 0.717) is 32.2 Å². The predicted molar refractivity (Wildman–Crippen MR) is 82.8 cm³/mol. The summed E-state index contributed by atoms with van der Waals surface area (Å²) in [5.74, 6) is -0.726. The van der Waals surface area contributed by atoms with Gasteiger partial charge in [-0.2, -0.15) is 0 Å². The average molecular weight is 309 g/mol. The van der Waals surface area contributed by atoms with Crippen LogP contribution in [0.1, 0.15) is 64.7 Å². The lowest BCUT2D eigenvalue weighted by Gasteiger charge is -2.45. The predicted octanol–water partition coefficient (Wildman–Crippen LogP) is 1.08. The van der Waals surface area contributed by atoms with Crippen molar-refractivity contribution in [3.8, 4) is 0 Å². The lowest BCUT2D eigenvalue weighted by atomic mass is 9.78. The minimum atomic E-state index is -0.876. The van der Waals surface area contributed by atoms with Crippen molar-refractivity contribution in [1.82, 2.24) is 10.2 Å². The molecule has 1 atom stereocenters. The first-order valence-electron chi connectivity index (χ1n) is 8.42. The summed E-state index contributed by atoms with van der Waals surface area (Å²) in [6, 6.07) is -0.637. The molecular weight excluding hydrogens is 282 g/mol. The van der Waals surface area contributed by atoms with Crippen molar-refractivity contribution in [2.24, 2.45) is 5.73 Å². The van der Waals surface area contributed by atoms with Gasteiger partial charge in [-0.3, -0.25) is 14.4 Å². The van der Waals surface area contributed by atoms with Gasteiger partial charge in [-0.25, -0.2) is 0 Å². The van der Waals surface area contributed by atoms with E-state index in [0.717, 1.165) is 32.1 Å². The largest absolute Gasteiger partial charge is 0.368 e. The Hall–Kier alpha value is -1.59. The molecule has 0 aromatic heterocycles. The lowest BCUT2D eigenvalue weighted by molar-refractivity contribution is -0.152.